The van der Waals surface area contributed by atoms with E-state index in [2.05, 4.69) is 22.3 Å². The van der Waals surface area contributed by atoms with E-state index in [4.69, 9.17) is 4.74 Å². The van der Waals surface area contributed by atoms with Gasteiger partial charge in [-0.25, -0.2) is 4.79 Å². The summed E-state index contributed by atoms with van der Waals surface area (Å²) in [5.74, 6) is 0.910. The molecule has 2 amide bonds. The van der Waals surface area contributed by atoms with Gasteiger partial charge in [0.15, 0.2) is 0 Å². The van der Waals surface area contributed by atoms with Gasteiger partial charge in [-0.15, -0.1) is 0 Å². The Bertz CT molecular complexity index is 543. The van der Waals surface area contributed by atoms with Gasteiger partial charge >= 0.3 is 6.03 Å². The van der Waals surface area contributed by atoms with E-state index in [1.807, 2.05) is 38.9 Å². The van der Waals surface area contributed by atoms with Crippen LogP contribution < -0.4 is 10.1 Å². The first kappa shape index (κ1) is 18.6. The van der Waals surface area contributed by atoms with Crippen LogP contribution in [-0.4, -0.2) is 62.2 Å². The van der Waals surface area contributed by atoms with Crippen molar-refractivity contribution in [2.75, 3.05) is 40.3 Å². The van der Waals surface area contributed by atoms with E-state index in [0.29, 0.717) is 19.7 Å². The van der Waals surface area contributed by atoms with Crippen molar-refractivity contribution in [3.63, 3.8) is 0 Å². The standard InChI is InChI=1S/C19H31N3O2/c1-15(2)22(19(23)20-10-11-21(3)4)12-13-24-18-9-8-16-6-5-7-17(16)14-18/h8-9,14-15H,5-7,10-13H2,1-4H3,(H,20,23). The molecule has 1 N–H and O–H groups in total. The van der Waals surface area contributed by atoms with E-state index in [9.17, 15) is 4.79 Å². The normalized spacial score (nSPS) is 13.2. The monoisotopic (exact) mass is 333 g/mol. The summed E-state index contributed by atoms with van der Waals surface area (Å²) in [5.41, 5.74) is 2.86. The molecule has 0 saturated carbocycles. The second-order valence-corrected chi connectivity index (χ2v) is 6.95. The minimum Gasteiger partial charge on any atom is -0.492 e. The summed E-state index contributed by atoms with van der Waals surface area (Å²) in [7, 11) is 3.99. The number of likely N-dealkylation sites (N-methyl/N-ethyl adjacent to an activating group) is 1. The Labute approximate surface area is 146 Å². The molecule has 0 saturated heterocycles. The van der Waals surface area contributed by atoms with E-state index in [1.54, 1.807) is 0 Å². The van der Waals surface area contributed by atoms with Crippen LogP contribution in [0, 0.1) is 0 Å². The number of rotatable bonds is 8. The number of nitrogens with one attached hydrogen (secondary N) is 1. The van der Waals surface area contributed by atoms with Gasteiger partial charge in [-0.2, -0.15) is 0 Å². The predicted octanol–water partition coefficient (Wildman–Crippen LogP) is 2.54. The number of hydrogen-bond donors (Lipinski definition) is 1. The SMILES string of the molecule is CC(C)N(CCOc1ccc2c(c1)CCC2)C(=O)NCCN(C)C. The van der Waals surface area contributed by atoms with Crippen molar-refractivity contribution in [1.82, 2.24) is 15.1 Å². The molecular weight excluding hydrogens is 302 g/mol. The number of nitrogens with zero attached hydrogens (tertiary/aromatic N) is 2. The fourth-order valence-electron chi connectivity index (χ4n) is 2.98. The lowest BCUT2D eigenvalue weighted by atomic mass is 10.1. The molecule has 2 rings (SSSR count). The molecule has 5 nitrogen and oxygen atoms in total. The third kappa shape index (κ3) is 5.41. The molecule has 0 spiro atoms. The van der Waals surface area contributed by atoms with Gasteiger partial charge in [-0.05, 0) is 70.5 Å². The van der Waals surface area contributed by atoms with E-state index >= 15 is 0 Å². The second-order valence-electron chi connectivity index (χ2n) is 6.95. The molecule has 24 heavy (non-hydrogen) atoms. The highest BCUT2D eigenvalue weighted by molar-refractivity contribution is 5.74. The third-order valence-corrected chi connectivity index (χ3v) is 4.39. The number of carbonyl (C=O) groups is 1. The molecule has 134 valence electrons. The summed E-state index contributed by atoms with van der Waals surface area (Å²) in [6.45, 7) is 6.65. The first-order valence-electron chi connectivity index (χ1n) is 8.91. The highest BCUT2D eigenvalue weighted by atomic mass is 16.5. The van der Waals surface area contributed by atoms with Crippen LogP contribution in [0.4, 0.5) is 4.79 Å². The molecule has 0 radical (unpaired) electrons. The summed E-state index contributed by atoms with van der Waals surface area (Å²) < 4.78 is 5.87. The van der Waals surface area contributed by atoms with Crippen molar-refractivity contribution in [3.8, 4) is 5.75 Å². The molecular formula is C19H31N3O2. The Morgan fingerprint density at radius 2 is 1.96 bits per heavy atom. The van der Waals surface area contributed by atoms with E-state index in [1.165, 1.54) is 24.0 Å². The summed E-state index contributed by atoms with van der Waals surface area (Å²) in [5, 5.41) is 2.97. The maximum Gasteiger partial charge on any atom is 0.317 e. The lowest BCUT2D eigenvalue weighted by molar-refractivity contribution is 0.165. The van der Waals surface area contributed by atoms with E-state index < -0.39 is 0 Å². The molecule has 1 aliphatic rings. The second kappa shape index (κ2) is 8.92. The minimum atomic E-state index is -0.0237. The van der Waals surface area contributed by atoms with Crippen LogP contribution in [0.5, 0.6) is 5.75 Å². The van der Waals surface area contributed by atoms with Gasteiger partial charge in [0.05, 0.1) is 6.54 Å². The minimum absolute atomic E-state index is 0.0237. The molecule has 1 aromatic carbocycles. The molecule has 0 fully saturated rings. The number of benzene rings is 1. The number of urea groups is 1. The maximum absolute atomic E-state index is 12.3. The van der Waals surface area contributed by atoms with Gasteiger partial charge in [0.2, 0.25) is 0 Å². The molecule has 1 aliphatic carbocycles. The van der Waals surface area contributed by atoms with Gasteiger partial charge in [0, 0.05) is 19.1 Å². The number of aryl methyl sites for hydroxylation is 2. The van der Waals surface area contributed by atoms with E-state index in [0.717, 1.165) is 18.7 Å². The van der Waals surface area contributed by atoms with Crippen LogP contribution in [0.25, 0.3) is 0 Å². The summed E-state index contributed by atoms with van der Waals surface area (Å²) in [6.07, 6.45) is 3.58. The zero-order valence-electron chi connectivity index (χ0n) is 15.5. The molecule has 0 aliphatic heterocycles. The first-order chi connectivity index (χ1) is 11.5. The average molecular weight is 333 g/mol. The summed E-state index contributed by atoms with van der Waals surface area (Å²) >= 11 is 0. The molecule has 0 unspecified atom stereocenters. The number of amides is 2. The van der Waals surface area contributed by atoms with Crippen LogP contribution in [0.15, 0.2) is 18.2 Å². The van der Waals surface area contributed by atoms with E-state index in [-0.39, 0.29) is 12.1 Å². The predicted molar refractivity (Wildman–Crippen MR) is 97.8 cm³/mol. The Hall–Kier alpha value is -1.75. The van der Waals surface area contributed by atoms with Crippen molar-refractivity contribution in [2.24, 2.45) is 0 Å². The Morgan fingerprint density at radius 1 is 1.21 bits per heavy atom. The Balaban J connectivity index is 1.79. The third-order valence-electron chi connectivity index (χ3n) is 4.39. The zero-order valence-corrected chi connectivity index (χ0v) is 15.5. The molecule has 0 heterocycles. The van der Waals surface area contributed by atoms with Crippen molar-refractivity contribution in [3.05, 3.63) is 29.3 Å². The van der Waals surface area contributed by atoms with Crippen LogP contribution in [0.3, 0.4) is 0 Å². The van der Waals surface area contributed by atoms with Gasteiger partial charge in [-0.3, -0.25) is 0 Å². The fourth-order valence-corrected chi connectivity index (χ4v) is 2.98. The Kier molecular flexibility index (Phi) is 6.91. The summed E-state index contributed by atoms with van der Waals surface area (Å²) in [4.78, 5) is 16.2. The van der Waals surface area contributed by atoms with Crippen molar-refractivity contribution < 1.29 is 9.53 Å². The van der Waals surface area contributed by atoms with Crippen LogP contribution >= 0.6 is 0 Å². The quantitative estimate of drug-likeness (QED) is 0.795. The first-order valence-corrected chi connectivity index (χ1v) is 8.91. The Morgan fingerprint density at radius 3 is 2.67 bits per heavy atom. The number of hydrogen-bond acceptors (Lipinski definition) is 3. The molecule has 0 aromatic heterocycles. The lowest BCUT2D eigenvalue weighted by Crippen LogP contribution is -2.47. The average Bonchev–Trinajstić information content (AvgIpc) is 2.98. The zero-order chi connectivity index (χ0) is 17.5. The van der Waals surface area contributed by atoms with Crippen molar-refractivity contribution in [1.29, 1.82) is 0 Å². The lowest BCUT2D eigenvalue weighted by Gasteiger charge is -2.27. The molecule has 0 atom stereocenters. The molecule has 5 heteroatoms. The van der Waals surface area contributed by atoms with Gasteiger partial charge in [0.1, 0.15) is 12.4 Å². The van der Waals surface area contributed by atoms with Crippen molar-refractivity contribution >= 4 is 6.03 Å². The van der Waals surface area contributed by atoms with Crippen LogP contribution in [0.2, 0.25) is 0 Å². The number of fused-ring (bicyclic) bond motifs is 1. The number of ether oxygens (including phenoxy) is 1. The molecule has 1 aromatic rings. The van der Waals surface area contributed by atoms with Crippen LogP contribution in [-0.2, 0) is 12.8 Å². The highest BCUT2D eigenvalue weighted by Gasteiger charge is 2.17. The topological polar surface area (TPSA) is 44.8 Å². The van der Waals surface area contributed by atoms with Gasteiger partial charge in [-0.1, -0.05) is 6.07 Å². The van der Waals surface area contributed by atoms with Gasteiger partial charge in [0.25, 0.3) is 0 Å². The highest BCUT2D eigenvalue weighted by Crippen LogP contribution is 2.25. The van der Waals surface area contributed by atoms with Crippen LogP contribution in [0.1, 0.15) is 31.4 Å². The number of carbonyl (C=O) groups excluding carboxylic acids is 1. The van der Waals surface area contributed by atoms with Crippen molar-refractivity contribution in [2.45, 2.75) is 39.2 Å². The smallest absolute Gasteiger partial charge is 0.317 e. The summed E-state index contributed by atoms with van der Waals surface area (Å²) in [6, 6.07) is 6.49. The largest absolute Gasteiger partial charge is 0.492 e. The maximum atomic E-state index is 12.3. The molecule has 0 bridgehead atoms. The van der Waals surface area contributed by atoms with Gasteiger partial charge < -0.3 is 19.9 Å². The fraction of sp³-hybridized carbons (Fsp3) is 0.632.